The lowest BCUT2D eigenvalue weighted by Gasteiger charge is -2.16. The summed E-state index contributed by atoms with van der Waals surface area (Å²) in [5, 5.41) is 11.5. The fourth-order valence-electron chi connectivity index (χ4n) is 2.24. The Labute approximate surface area is 132 Å². The Morgan fingerprint density at radius 2 is 1.38 bits per heavy atom. The first-order valence-electron chi connectivity index (χ1n) is 8.85. The highest BCUT2D eigenvalue weighted by molar-refractivity contribution is 5.73. The topological polar surface area (TPSA) is 49.3 Å². The molecule has 0 saturated heterocycles. The van der Waals surface area contributed by atoms with Crippen LogP contribution in [0.2, 0.25) is 0 Å². The van der Waals surface area contributed by atoms with E-state index in [2.05, 4.69) is 33.0 Å². The van der Waals surface area contributed by atoms with Crippen LogP contribution in [0.1, 0.15) is 92.4 Å². The van der Waals surface area contributed by atoms with Crippen LogP contribution in [0.3, 0.4) is 0 Å². The minimum absolute atomic E-state index is 0.0256. The Kier molecular flexibility index (Phi) is 18.9. The minimum atomic E-state index is -0.0790. The number of aliphatic hydroxyl groups is 1. The first-order valence-corrected chi connectivity index (χ1v) is 8.85. The number of aliphatic hydroxyl groups excluding tert-OH is 1. The Balaban J connectivity index is 0. The normalized spacial score (nSPS) is 11.8. The Morgan fingerprint density at radius 1 is 0.952 bits per heavy atom. The molecule has 3 heteroatoms. The van der Waals surface area contributed by atoms with Gasteiger partial charge in [0.2, 0.25) is 5.91 Å². The van der Waals surface area contributed by atoms with Gasteiger partial charge in [0.15, 0.2) is 0 Å². The quantitative estimate of drug-likeness (QED) is 0.544. The molecule has 0 bridgehead atoms. The minimum Gasteiger partial charge on any atom is -0.394 e. The average Bonchev–Trinajstić information content (AvgIpc) is 2.41. The largest absolute Gasteiger partial charge is 0.394 e. The van der Waals surface area contributed by atoms with Crippen molar-refractivity contribution in [3.8, 4) is 0 Å². The van der Waals surface area contributed by atoms with Gasteiger partial charge < -0.3 is 10.4 Å². The van der Waals surface area contributed by atoms with Crippen LogP contribution in [0.5, 0.6) is 0 Å². The molecule has 21 heavy (non-hydrogen) atoms. The standard InChI is InChI=1S/C10H22.C8H17NO2/c1-3-5-7-9-10-8-6-4-2;1-6(2)4-8(5-10)9-7(3)11/h3-10H2,1-2H3;6,8,10H,4-5H2,1-3H3,(H,9,11)/t;8-/m.0/s1. The molecule has 0 saturated carbocycles. The highest BCUT2D eigenvalue weighted by Crippen LogP contribution is 2.07. The number of hydrogen-bond acceptors (Lipinski definition) is 2. The summed E-state index contributed by atoms with van der Waals surface area (Å²) in [7, 11) is 0. The predicted molar refractivity (Wildman–Crippen MR) is 92.4 cm³/mol. The van der Waals surface area contributed by atoms with Crippen molar-refractivity contribution in [3.05, 3.63) is 0 Å². The number of amides is 1. The van der Waals surface area contributed by atoms with E-state index in [0.717, 1.165) is 6.42 Å². The third-order valence-corrected chi connectivity index (χ3v) is 3.34. The number of carbonyl (C=O) groups is 1. The van der Waals surface area contributed by atoms with Gasteiger partial charge in [-0.05, 0) is 12.3 Å². The molecule has 3 nitrogen and oxygen atoms in total. The summed E-state index contributed by atoms with van der Waals surface area (Å²) in [6.45, 7) is 10.1. The van der Waals surface area contributed by atoms with Crippen LogP contribution in [0.15, 0.2) is 0 Å². The van der Waals surface area contributed by atoms with Gasteiger partial charge in [-0.3, -0.25) is 4.79 Å². The molecular formula is C18H39NO2. The number of carbonyl (C=O) groups excluding carboxylic acids is 1. The van der Waals surface area contributed by atoms with E-state index in [9.17, 15) is 4.79 Å². The van der Waals surface area contributed by atoms with Gasteiger partial charge in [-0.2, -0.15) is 0 Å². The van der Waals surface area contributed by atoms with Gasteiger partial charge in [-0.1, -0.05) is 79.1 Å². The van der Waals surface area contributed by atoms with E-state index in [4.69, 9.17) is 5.11 Å². The lowest BCUT2D eigenvalue weighted by molar-refractivity contribution is -0.120. The van der Waals surface area contributed by atoms with Crippen molar-refractivity contribution in [2.45, 2.75) is 98.4 Å². The van der Waals surface area contributed by atoms with Crippen molar-refractivity contribution >= 4 is 5.91 Å². The molecule has 0 aliphatic carbocycles. The van der Waals surface area contributed by atoms with Gasteiger partial charge in [0.1, 0.15) is 0 Å². The monoisotopic (exact) mass is 301 g/mol. The molecule has 0 aliphatic heterocycles. The maximum atomic E-state index is 10.6. The molecule has 0 aromatic rings. The lowest BCUT2D eigenvalue weighted by atomic mass is 10.0. The van der Waals surface area contributed by atoms with E-state index >= 15 is 0 Å². The molecule has 0 aliphatic rings. The van der Waals surface area contributed by atoms with Crippen LogP contribution in [-0.4, -0.2) is 23.7 Å². The molecule has 1 atom stereocenters. The molecule has 0 unspecified atom stereocenters. The smallest absolute Gasteiger partial charge is 0.217 e. The van der Waals surface area contributed by atoms with E-state index in [1.807, 2.05) is 0 Å². The highest BCUT2D eigenvalue weighted by Gasteiger charge is 2.09. The molecule has 0 fully saturated rings. The van der Waals surface area contributed by atoms with Gasteiger partial charge in [0.25, 0.3) is 0 Å². The van der Waals surface area contributed by atoms with E-state index in [1.165, 1.54) is 58.3 Å². The second-order valence-electron chi connectivity index (χ2n) is 6.33. The highest BCUT2D eigenvalue weighted by atomic mass is 16.3. The van der Waals surface area contributed by atoms with Crippen LogP contribution in [-0.2, 0) is 4.79 Å². The first-order chi connectivity index (χ1) is 9.97. The third kappa shape index (κ3) is 21.9. The predicted octanol–water partition coefficient (Wildman–Crippen LogP) is 4.68. The Morgan fingerprint density at radius 3 is 1.67 bits per heavy atom. The van der Waals surface area contributed by atoms with Crippen molar-refractivity contribution < 1.29 is 9.90 Å². The zero-order valence-corrected chi connectivity index (χ0v) is 15.1. The fourth-order valence-corrected chi connectivity index (χ4v) is 2.24. The molecule has 0 radical (unpaired) electrons. The summed E-state index contributed by atoms with van der Waals surface area (Å²) >= 11 is 0. The van der Waals surface area contributed by atoms with E-state index in [-0.39, 0.29) is 18.6 Å². The first kappa shape index (κ1) is 22.7. The van der Waals surface area contributed by atoms with Crippen LogP contribution in [0.4, 0.5) is 0 Å². The van der Waals surface area contributed by atoms with Gasteiger partial charge >= 0.3 is 0 Å². The van der Waals surface area contributed by atoms with Crippen molar-refractivity contribution in [3.63, 3.8) is 0 Å². The SMILES string of the molecule is CC(=O)N[C@H](CO)CC(C)C.CCCCCCCCCC. The Bertz CT molecular complexity index is 209. The summed E-state index contributed by atoms with van der Waals surface area (Å²) in [6, 6.07) is -0.0764. The molecule has 1 amide bonds. The van der Waals surface area contributed by atoms with E-state index in [0.29, 0.717) is 5.92 Å². The third-order valence-electron chi connectivity index (χ3n) is 3.34. The number of rotatable bonds is 11. The number of nitrogens with one attached hydrogen (secondary N) is 1. The molecule has 0 aromatic carbocycles. The average molecular weight is 302 g/mol. The molecule has 0 aromatic heterocycles. The van der Waals surface area contributed by atoms with Gasteiger partial charge in [-0.15, -0.1) is 0 Å². The summed E-state index contributed by atoms with van der Waals surface area (Å²) in [4.78, 5) is 10.6. The Hall–Kier alpha value is -0.570. The fraction of sp³-hybridized carbons (Fsp3) is 0.944. The van der Waals surface area contributed by atoms with Crippen molar-refractivity contribution in [2.24, 2.45) is 5.92 Å². The van der Waals surface area contributed by atoms with Crippen LogP contribution in [0.25, 0.3) is 0 Å². The van der Waals surface area contributed by atoms with Crippen molar-refractivity contribution in [2.75, 3.05) is 6.61 Å². The van der Waals surface area contributed by atoms with Crippen LogP contribution in [0, 0.1) is 5.92 Å². The molecule has 128 valence electrons. The molecule has 0 rings (SSSR count). The summed E-state index contributed by atoms with van der Waals surface area (Å²) in [6.07, 6.45) is 12.3. The zero-order chi connectivity index (χ0) is 16.5. The second-order valence-corrected chi connectivity index (χ2v) is 6.33. The van der Waals surface area contributed by atoms with Crippen LogP contribution < -0.4 is 5.32 Å². The van der Waals surface area contributed by atoms with Crippen molar-refractivity contribution in [1.29, 1.82) is 0 Å². The van der Waals surface area contributed by atoms with E-state index < -0.39 is 0 Å². The lowest BCUT2D eigenvalue weighted by Crippen LogP contribution is -2.36. The van der Waals surface area contributed by atoms with Crippen LogP contribution >= 0.6 is 0 Å². The zero-order valence-electron chi connectivity index (χ0n) is 15.1. The van der Waals surface area contributed by atoms with E-state index in [1.54, 1.807) is 0 Å². The number of hydrogen-bond donors (Lipinski definition) is 2. The summed E-state index contributed by atoms with van der Waals surface area (Å²) in [5.41, 5.74) is 0. The van der Waals surface area contributed by atoms with Gasteiger partial charge in [-0.25, -0.2) is 0 Å². The second kappa shape index (κ2) is 17.5. The maximum absolute atomic E-state index is 10.6. The maximum Gasteiger partial charge on any atom is 0.217 e. The molecule has 0 heterocycles. The van der Waals surface area contributed by atoms with Gasteiger partial charge in [0.05, 0.1) is 12.6 Å². The molecular weight excluding hydrogens is 262 g/mol. The molecule has 0 spiro atoms. The van der Waals surface area contributed by atoms with Gasteiger partial charge in [0, 0.05) is 6.92 Å². The van der Waals surface area contributed by atoms with Crippen molar-refractivity contribution in [1.82, 2.24) is 5.32 Å². The summed E-state index contributed by atoms with van der Waals surface area (Å²) in [5.74, 6) is 0.420. The summed E-state index contributed by atoms with van der Waals surface area (Å²) < 4.78 is 0. The molecule has 2 N–H and O–H groups in total. The number of unbranched alkanes of at least 4 members (excludes halogenated alkanes) is 7.